The van der Waals surface area contributed by atoms with Crippen molar-refractivity contribution >= 4 is 5.97 Å². The Morgan fingerprint density at radius 3 is 1.54 bits per heavy atom. The molecule has 0 fully saturated rings. The van der Waals surface area contributed by atoms with Gasteiger partial charge in [0.15, 0.2) is 11.5 Å². The molecule has 0 aliphatic carbocycles. The van der Waals surface area contributed by atoms with Gasteiger partial charge in [-0.15, -0.1) is 0 Å². The van der Waals surface area contributed by atoms with Crippen LogP contribution >= 0.6 is 0 Å². The molecule has 14 heteroatoms. The van der Waals surface area contributed by atoms with Crippen molar-refractivity contribution in [3.05, 3.63) is 87.9 Å². The van der Waals surface area contributed by atoms with E-state index in [1.54, 1.807) is 34.5 Å². The maximum absolute atomic E-state index is 10.9. The second kappa shape index (κ2) is 40.8. The maximum Gasteiger partial charge on any atom is 0 e. The fraction of sp³-hybridized carbons (Fsp3) is 0.222. The zero-order chi connectivity index (χ0) is 31.8. The molecule has 4 radical (unpaired) electrons. The van der Waals surface area contributed by atoms with Crippen LogP contribution in [0, 0.1) is 52.1 Å². The van der Waals surface area contributed by atoms with Crippen LogP contribution in [0.4, 0.5) is 0 Å². The molecule has 0 bridgehead atoms. The minimum absolute atomic E-state index is 0. The van der Waals surface area contributed by atoms with Gasteiger partial charge >= 0.3 is 73.8 Å². The van der Waals surface area contributed by atoms with Gasteiger partial charge in [-0.3, -0.25) is 4.79 Å². The average molecular weight is 656 g/mol. The molecule has 12 nitrogen and oxygen atoms in total. The van der Waals surface area contributed by atoms with E-state index in [2.05, 4.69) is 52.1 Å². The molecular formula is C27H22Co2O12. The summed E-state index contributed by atoms with van der Waals surface area (Å²) in [6, 6.07) is 9.21. The third kappa shape index (κ3) is 20.8. The Hall–Kier alpha value is -3.70. The molecule has 2 rings (SSSR count). The van der Waals surface area contributed by atoms with Gasteiger partial charge in [0, 0.05) is 52.1 Å². The van der Waals surface area contributed by atoms with Crippen LogP contribution in [0.25, 0.3) is 11.1 Å². The zero-order valence-corrected chi connectivity index (χ0v) is 24.2. The van der Waals surface area contributed by atoms with Gasteiger partial charge in [-0.1, -0.05) is 0 Å². The van der Waals surface area contributed by atoms with Crippen molar-refractivity contribution in [2.24, 2.45) is 0 Å². The zero-order valence-electron chi connectivity index (χ0n) is 22.2. The molecule has 0 saturated carbocycles. The van der Waals surface area contributed by atoms with Gasteiger partial charge in [0.1, 0.15) is 12.4 Å². The molecule has 0 amide bonds. The minimum atomic E-state index is -0.378. The van der Waals surface area contributed by atoms with Gasteiger partial charge in [0.25, 0.3) is 0 Å². The molecule has 0 spiro atoms. The van der Waals surface area contributed by atoms with Crippen molar-refractivity contribution in [2.75, 3.05) is 35.0 Å². The third-order valence-corrected chi connectivity index (χ3v) is 3.79. The predicted octanol–water partition coefficient (Wildman–Crippen LogP) is 3.23. The smallest absolute Gasteiger partial charge is 0 e. The van der Waals surface area contributed by atoms with Crippen LogP contribution in [-0.2, 0) is 71.0 Å². The molecule has 2 aromatic carbocycles. The minimum Gasteiger partial charge on any atom is 0 e. The van der Waals surface area contributed by atoms with Gasteiger partial charge in [-0.05, 0) is 47.5 Å². The van der Waals surface area contributed by atoms with Crippen LogP contribution in [-0.4, -0.2) is 41.0 Å². The van der Waals surface area contributed by atoms with Crippen LogP contribution in [0.15, 0.2) is 30.3 Å². The molecule has 0 unspecified atom stereocenters. The number of benzene rings is 2. The van der Waals surface area contributed by atoms with Crippen molar-refractivity contribution in [1.82, 2.24) is 0 Å². The van der Waals surface area contributed by atoms with Crippen LogP contribution in [0.5, 0.6) is 23.0 Å². The largest absolute Gasteiger partial charge is 0 e. The first-order valence-electron chi connectivity index (χ1n) is 9.37. The topological polar surface area (TPSA) is 183 Å². The fourth-order valence-electron chi connectivity index (χ4n) is 2.57. The van der Waals surface area contributed by atoms with Crippen LogP contribution < -0.4 is 18.9 Å². The summed E-state index contributed by atoms with van der Waals surface area (Å²) < 4.78 is 71.5. The standard InChI is InChI=1S/C21H22O6.6CO.2Co/c1-14(22)27-12-6-7-15-13-16(23-2)8-9-17(15)18-10-11-19(24-3)21(26-5)20(18)25-4;6*1-2;;/h8-11,13H,12H2,1-5H3;;;;;;;;. The molecule has 0 saturated heterocycles. The average Bonchev–Trinajstić information content (AvgIpc) is 3.04. The molecule has 0 aliphatic heterocycles. The number of methoxy groups -OCH3 is 4. The summed E-state index contributed by atoms with van der Waals surface area (Å²) in [5.74, 6) is 1.87. The van der Waals surface area contributed by atoms with Crippen molar-refractivity contribution < 1.29 is 89.9 Å². The van der Waals surface area contributed by atoms with E-state index in [0.717, 1.165) is 11.1 Å². The summed E-state index contributed by atoms with van der Waals surface area (Å²) in [7, 11) is 6.27. The van der Waals surface area contributed by atoms with E-state index < -0.39 is 0 Å². The number of carbonyl (C=O) groups is 1. The molecule has 0 N–H and O–H groups in total. The Bertz CT molecular complexity index is 1050. The third-order valence-electron chi connectivity index (χ3n) is 3.79. The summed E-state index contributed by atoms with van der Waals surface area (Å²) >= 11 is 0. The molecule has 0 aliphatic rings. The maximum atomic E-state index is 10.9. The van der Waals surface area contributed by atoms with E-state index in [1.165, 1.54) is 6.92 Å². The quantitative estimate of drug-likeness (QED) is 0.239. The Balaban J connectivity index is -0.000000146. The van der Waals surface area contributed by atoms with Crippen LogP contribution in [0.3, 0.4) is 0 Å². The first kappa shape index (κ1) is 53.5. The van der Waals surface area contributed by atoms with Crippen molar-refractivity contribution in [2.45, 2.75) is 6.92 Å². The van der Waals surface area contributed by atoms with Gasteiger partial charge in [0.05, 0.1) is 28.4 Å². The van der Waals surface area contributed by atoms with Gasteiger partial charge in [-0.25, -0.2) is 0 Å². The number of rotatable bonds is 8. The Morgan fingerprint density at radius 2 is 1.15 bits per heavy atom. The number of esters is 1. The van der Waals surface area contributed by atoms with Crippen molar-refractivity contribution in [3.63, 3.8) is 0 Å². The monoisotopic (exact) mass is 656 g/mol. The first-order chi connectivity index (χ1) is 19.0. The molecule has 0 atom stereocenters. The Labute approximate surface area is 259 Å². The van der Waals surface area contributed by atoms with Crippen molar-refractivity contribution in [1.29, 1.82) is 0 Å². The summed E-state index contributed by atoms with van der Waals surface area (Å²) in [5.41, 5.74) is 2.31. The van der Waals surface area contributed by atoms with E-state index in [4.69, 9.17) is 51.6 Å². The van der Waals surface area contributed by atoms with Gasteiger partial charge < -0.3 is 23.7 Å². The van der Waals surface area contributed by atoms with Crippen molar-refractivity contribution in [3.8, 4) is 34.1 Å². The Morgan fingerprint density at radius 1 is 0.683 bits per heavy atom. The summed E-state index contributed by atoms with van der Waals surface area (Å²) in [6.07, 6.45) is 5.86. The summed E-state index contributed by atoms with van der Waals surface area (Å²) in [5, 5.41) is 0. The van der Waals surface area contributed by atoms with Crippen LogP contribution in [0.1, 0.15) is 12.5 Å². The molecule has 0 heterocycles. The summed E-state index contributed by atoms with van der Waals surface area (Å²) in [4.78, 5) is 10.9. The van der Waals surface area contributed by atoms with E-state index in [-0.39, 0.29) is 46.1 Å². The second-order valence-corrected chi connectivity index (χ2v) is 5.38. The fourth-order valence-corrected chi connectivity index (χ4v) is 2.57. The Kier molecular flexibility index (Phi) is 53.3. The molecule has 220 valence electrons. The van der Waals surface area contributed by atoms with E-state index in [1.807, 2.05) is 24.3 Å². The second-order valence-electron chi connectivity index (χ2n) is 5.38. The molecule has 2 aromatic rings. The van der Waals surface area contributed by atoms with Gasteiger partial charge in [0.2, 0.25) is 5.75 Å². The summed E-state index contributed by atoms with van der Waals surface area (Å²) in [6.45, 7) is 28.3. The SMILES string of the molecule is COc1ccc(-c2ccc(OC)c(OC)c2OC)c([C]=[C]COC(C)=O)c1.[C-]#[O+].[C-]#[O+].[C-]#[O+].[C-]#[O+].[C-]#[O+].[C-]#[O+].[Co].[Co]. The number of hydrogen-bond donors (Lipinski definition) is 0. The molecular weight excluding hydrogens is 634 g/mol. The number of ether oxygens (including phenoxy) is 5. The normalized spacial score (nSPS) is 7.24. The van der Waals surface area contributed by atoms with E-state index >= 15 is 0 Å². The number of hydrogen-bond acceptors (Lipinski definition) is 6. The molecule has 0 aromatic heterocycles. The first-order valence-corrected chi connectivity index (χ1v) is 9.37. The van der Waals surface area contributed by atoms with Crippen LogP contribution in [0.2, 0.25) is 0 Å². The van der Waals surface area contributed by atoms with Gasteiger partial charge in [-0.2, -0.15) is 0 Å². The predicted molar refractivity (Wildman–Crippen MR) is 124 cm³/mol. The van der Waals surface area contributed by atoms with E-state index in [0.29, 0.717) is 28.6 Å². The van der Waals surface area contributed by atoms with E-state index in [9.17, 15) is 4.79 Å². The number of carbonyl (C=O) groups excluding carboxylic acids is 1. The molecule has 41 heavy (non-hydrogen) atoms.